The largest absolute Gasteiger partial charge is 0.386 e. The summed E-state index contributed by atoms with van der Waals surface area (Å²) < 4.78 is 0. The fourth-order valence-electron chi connectivity index (χ4n) is 16.1. The van der Waals surface area contributed by atoms with Crippen molar-refractivity contribution in [2.75, 3.05) is 0 Å². The molecular formula is C114H108O6. The first-order chi connectivity index (χ1) is 57.4. The average molecular weight is 1570 g/mol. The van der Waals surface area contributed by atoms with Gasteiger partial charge in [-0.2, -0.15) is 0 Å². The molecule has 0 aromatic heterocycles. The highest BCUT2D eigenvalue weighted by Gasteiger charge is 2.28. The van der Waals surface area contributed by atoms with E-state index >= 15 is 0 Å². The van der Waals surface area contributed by atoms with Crippen LogP contribution in [0.5, 0.6) is 0 Å². The van der Waals surface area contributed by atoms with Gasteiger partial charge in [0.05, 0.1) is 33.6 Å². The number of hydrogen-bond donors (Lipinski definition) is 6. The molecule has 0 radical (unpaired) electrons. The van der Waals surface area contributed by atoms with E-state index in [0.29, 0.717) is 0 Å². The number of benzene rings is 18. The van der Waals surface area contributed by atoms with E-state index in [-0.39, 0.29) is 0 Å². The van der Waals surface area contributed by atoms with E-state index in [0.717, 1.165) is 111 Å². The highest BCUT2D eigenvalue weighted by molar-refractivity contribution is 6.00. The Labute approximate surface area is 708 Å². The predicted molar refractivity (Wildman–Crippen MR) is 508 cm³/mol. The molecule has 0 atom stereocenters. The SMILES string of the molecule is CC(C)(O)c1c(-c2ccccc2)ccc2ccccc12.CC(C)(O)c1cc2ccccc2cc1-c1ccccc1.CC(C)(O)c1ccc2ccccc2c1-c1ccccc1.CC(C)(O)c1ccccc1-c1ccc2ccccc2c1.CC(C)(O)c1ccccc1-c1ccc2ccccc2c1.CC(C)(O)c1ccccc1-c1cccc2ccccc12. The first kappa shape index (κ1) is 85.2. The molecule has 18 aromatic carbocycles. The second-order valence-corrected chi connectivity index (χ2v) is 33.9. The zero-order valence-electron chi connectivity index (χ0n) is 70.8. The molecule has 0 bridgehead atoms. The molecule has 0 aliphatic carbocycles. The number of hydrogen-bond acceptors (Lipinski definition) is 6. The van der Waals surface area contributed by atoms with Crippen molar-refractivity contribution in [1.29, 1.82) is 0 Å². The summed E-state index contributed by atoms with van der Waals surface area (Å²) in [4.78, 5) is 0. The number of rotatable bonds is 12. The van der Waals surface area contributed by atoms with Gasteiger partial charge >= 0.3 is 0 Å². The molecule has 0 unspecified atom stereocenters. The molecule has 120 heavy (non-hydrogen) atoms. The second kappa shape index (κ2) is 36.7. The van der Waals surface area contributed by atoms with Crippen LogP contribution in [0, 0.1) is 0 Å². The van der Waals surface area contributed by atoms with Crippen LogP contribution in [-0.4, -0.2) is 30.6 Å². The minimum absolute atomic E-state index is 0.845. The van der Waals surface area contributed by atoms with Crippen LogP contribution in [0.25, 0.3) is 131 Å². The van der Waals surface area contributed by atoms with Gasteiger partial charge in [-0.05, 0) is 272 Å². The van der Waals surface area contributed by atoms with Crippen LogP contribution < -0.4 is 0 Å². The fraction of sp³-hybridized carbons (Fsp3) is 0.158. The van der Waals surface area contributed by atoms with Gasteiger partial charge in [0.1, 0.15) is 0 Å². The lowest BCUT2D eigenvalue weighted by Crippen LogP contribution is -2.17. The lowest BCUT2D eigenvalue weighted by atomic mass is 9.85. The van der Waals surface area contributed by atoms with Gasteiger partial charge in [-0.25, -0.2) is 0 Å². The van der Waals surface area contributed by atoms with E-state index in [1.807, 2.05) is 265 Å². The molecule has 6 N–H and O–H groups in total. The Hall–Kier alpha value is -12.7. The highest BCUT2D eigenvalue weighted by Crippen LogP contribution is 2.43. The molecule has 6 nitrogen and oxygen atoms in total. The molecule has 0 spiro atoms. The molecule has 0 aliphatic heterocycles. The Bertz CT molecular complexity index is 6310. The molecule has 600 valence electrons. The maximum absolute atomic E-state index is 10.6. The fourth-order valence-corrected chi connectivity index (χ4v) is 16.1. The first-order valence-corrected chi connectivity index (χ1v) is 41.2. The zero-order valence-corrected chi connectivity index (χ0v) is 70.8. The third-order valence-corrected chi connectivity index (χ3v) is 21.9. The maximum Gasteiger partial charge on any atom is 0.0852 e. The van der Waals surface area contributed by atoms with Crippen molar-refractivity contribution in [1.82, 2.24) is 0 Å². The Morgan fingerprint density at radius 2 is 0.450 bits per heavy atom. The van der Waals surface area contributed by atoms with Crippen molar-refractivity contribution < 1.29 is 30.6 Å². The summed E-state index contributed by atoms with van der Waals surface area (Å²) >= 11 is 0. The van der Waals surface area contributed by atoms with E-state index in [1.54, 1.807) is 0 Å². The van der Waals surface area contributed by atoms with Crippen molar-refractivity contribution in [3.63, 3.8) is 0 Å². The van der Waals surface area contributed by atoms with Gasteiger partial charge in [-0.15, -0.1) is 0 Å². The number of aliphatic hydroxyl groups is 6. The monoisotopic (exact) mass is 1570 g/mol. The summed E-state index contributed by atoms with van der Waals surface area (Å²) in [6.07, 6.45) is 0. The van der Waals surface area contributed by atoms with Crippen LogP contribution in [0.4, 0.5) is 0 Å². The predicted octanol–water partition coefficient (Wildman–Crippen LogP) is 28.4. The molecule has 18 aromatic rings. The maximum atomic E-state index is 10.6. The Balaban J connectivity index is 0.000000124. The number of fused-ring (bicyclic) bond motifs is 6. The van der Waals surface area contributed by atoms with Gasteiger partial charge in [-0.3, -0.25) is 0 Å². The van der Waals surface area contributed by atoms with Crippen LogP contribution >= 0.6 is 0 Å². The summed E-state index contributed by atoms with van der Waals surface area (Å²) in [5.74, 6) is 0. The Morgan fingerprint density at radius 3 is 0.900 bits per heavy atom. The third-order valence-electron chi connectivity index (χ3n) is 21.9. The molecule has 0 amide bonds. The quantitative estimate of drug-likeness (QED) is 0.0725. The van der Waals surface area contributed by atoms with Gasteiger partial charge in [-0.1, -0.05) is 376 Å². The lowest BCUT2D eigenvalue weighted by molar-refractivity contribution is 0.0786. The molecule has 0 saturated heterocycles. The summed E-state index contributed by atoms with van der Waals surface area (Å²) in [5.41, 5.74) is 14.1. The van der Waals surface area contributed by atoms with Crippen molar-refractivity contribution in [2.24, 2.45) is 0 Å². The summed E-state index contributed by atoms with van der Waals surface area (Å²) in [6.45, 7) is 22.0. The molecule has 0 saturated carbocycles. The topological polar surface area (TPSA) is 121 Å². The van der Waals surface area contributed by atoms with Gasteiger partial charge in [0.15, 0.2) is 0 Å². The molecule has 0 heterocycles. The standard InChI is InChI=1S/6C19H18O/c1-19(2,20)18-13-6-5-11-17(18)16-12-7-9-14-8-3-4-10-15(14)16;2*1-19(2,20)18-10-6-5-9-17(18)16-12-11-14-7-3-4-8-15(14)13-16;1-19(2,20)17-13-12-14-8-6-7-11-16(14)18(17)15-9-4-3-5-10-15;1-19(2,20)18-13-16-11-7-6-10-15(16)12-17(18)14-8-4-3-5-9-14;1-19(2,20)18-16-11-7-6-10-15(16)12-13-17(18)14-8-4-3-5-9-14/h6*3-13,20H,1-2H3. The Morgan fingerprint density at radius 1 is 0.150 bits per heavy atom. The Kier molecular flexibility index (Phi) is 26.0. The van der Waals surface area contributed by atoms with Crippen molar-refractivity contribution in [3.8, 4) is 66.8 Å². The van der Waals surface area contributed by atoms with Crippen LogP contribution in [0.1, 0.15) is 116 Å². The van der Waals surface area contributed by atoms with Crippen molar-refractivity contribution in [3.05, 3.63) is 434 Å². The summed E-state index contributed by atoms with van der Waals surface area (Å²) in [7, 11) is 0. The first-order valence-electron chi connectivity index (χ1n) is 41.2. The molecule has 0 aliphatic rings. The van der Waals surface area contributed by atoms with Crippen LogP contribution in [0.2, 0.25) is 0 Å². The zero-order chi connectivity index (χ0) is 85.0. The van der Waals surface area contributed by atoms with Crippen molar-refractivity contribution >= 4 is 64.6 Å². The van der Waals surface area contributed by atoms with Crippen LogP contribution in [0.15, 0.2) is 400 Å². The van der Waals surface area contributed by atoms with Gasteiger partial charge in [0.25, 0.3) is 0 Å². The smallest absolute Gasteiger partial charge is 0.0852 e. The van der Waals surface area contributed by atoms with Gasteiger partial charge in [0.2, 0.25) is 0 Å². The van der Waals surface area contributed by atoms with Gasteiger partial charge < -0.3 is 30.6 Å². The second-order valence-electron chi connectivity index (χ2n) is 33.9. The highest BCUT2D eigenvalue weighted by atomic mass is 16.3. The van der Waals surface area contributed by atoms with E-state index in [4.69, 9.17) is 0 Å². The lowest BCUT2D eigenvalue weighted by Gasteiger charge is -2.24. The van der Waals surface area contributed by atoms with E-state index in [9.17, 15) is 30.6 Å². The third kappa shape index (κ3) is 20.5. The average Bonchev–Trinajstić information content (AvgIpc) is 0.648. The van der Waals surface area contributed by atoms with Crippen LogP contribution in [0.3, 0.4) is 0 Å². The molecule has 0 fully saturated rings. The minimum Gasteiger partial charge on any atom is -0.386 e. The molecular weight excluding hydrogens is 1470 g/mol. The van der Waals surface area contributed by atoms with Gasteiger partial charge in [0, 0.05) is 0 Å². The molecule has 6 heteroatoms. The van der Waals surface area contributed by atoms with E-state index < -0.39 is 33.6 Å². The minimum atomic E-state index is -0.883. The van der Waals surface area contributed by atoms with E-state index in [1.165, 1.54) is 54.0 Å². The summed E-state index contributed by atoms with van der Waals surface area (Å²) in [5, 5.41) is 77.0. The van der Waals surface area contributed by atoms with E-state index in [2.05, 4.69) is 218 Å². The van der Waals surface area contributed by atoms with Crippen molar-refractivity contribution in [2.45, 2.75) is 117 Å². The molecule has 18 rings (SSSR count). The normalized spacial score (nSPS) is 11.8. The summed E-state index contributed by atoms with van der Waals surface area (Å²) in [6, 6.07) is 136. The van der Waals surface area contributed by atoms with Crippen LogP contribution in [-0.2, 0) is 33.6 Å².